The number of hydrogen-bond donors (Lipinski definition) is 0. The summed E-state index contributed by atoms with van der Waals surface area (Å²) in [4.78, 5) is 8.24. The number of pyridine rings is 1. The Morgan fingerprint density at radius 1 is 1.33 bits per heavy atom. The number of nitrogens with zero attached hydrogens (tertiary/aromatic N) is 2. The first kappa shape index (κ1) is 9.33. The first-order valence-corrected chi connectivity index (χ1v) is 3.55. The van der Waals surface area contributed by atoms with Crippen LogP contribution in [0, 0.1) is 0 Å². The Labute approximate surface area is 83.6 Å². The fraction of sp³-hybridized carbons (Fsp3) is 0.250. The van der Waals surface area contributed by atoms with Crippen molar-refractivity contribution in [2.75, 3.05) is 13.2 Å². The summed E-state index contributed by atoms with van der Waals surface area (Å²) in [7, 11) is 0. The maximum atomic E-state index is 5.23. The van der Waals surface area contributed by atoms with E-state index in [1.807, 2.05) is 18.2 Å². The minimum Gasteiger partial charge on any atom is -0.474 e. The van der Waals surface area contributed by atoms with E-state index < -0.39 is 0 Å². The zero-order chi connectivity index (χ0) is 7.52. The van der Waals surface area contributed by atoms with Crippen molar-refractivity contribution in [3.63, 3.8) is 0 Å². The number of aromatic nitrogens is 1. The smallest absolute Gasteiger partial charge is 0.474 e. The van der Waals surface area contributed by atoms with Gasteiger partial charge in [0.05, 0.1) is 6.54 Å². The monoisotopic (exact) mass is 251 g/mol. The molecule has 0 amide bonds. The third-order valence-electron chi connectivity index (χ3n) is 1.47. The van der Waals surface area contributed by atoms with Crippen LogP contribution >= 0.6 is 0 Å². The predicted octanol–water partition coefficient (Wildman–Crippen LogP) is 0.856. The first-order chi connectivity index (χ1) is 5.47. The molecule has 0 unspecified atom stereocenters. The molecule has 0 aliphatic carbocycles. The van der Waals surface area contributed by atoms with Gasteiger partial charge in [-0.2, -0.15) is 0 Å². The molecule has 0 atom stereocenters. The molecule has 0 radical (unpaired) electrons. The van der Waals surface area contributed by atoms with Crippen LogP contribution in [0.4, 0.5) is 0 Å². The number of hydrogen-bond acceptors (Lipinski definition) is 3. The van der Waals surface area contributed by atoms with E-state index in [0.717, 1.165) is 12.2 Å². The van der Waals surface area contributed by atoms with E-state index in [1.54, 1.807) is 6.20 Å². The molecule has 3 nitrogen and oxygen atoms in total. The molecular weight excluding hydrogens is 243 g/mol. The van der Waals surface area contributed by atoms with Gasteiger partial charge in [0.1, 0.15) is 12.3 Å². The van der Waals surface area contributed by atoms with Crippen molar-refractivity contribution in [1.82, 2.24) is 4.98 Å². The number of rotatable bonds is 1. The molecule has 0 N–H and O–H groups in total. The summed E-state index contributed by atoms with van der Waals surface area (Å²) < 4.78 is 5.23. The van der Waals surface area contributed by atoms with Gasteiger partial charge in [-0.3, -0.25) is 4.98 Å². The Bertz CT molecular complexity index is 274. The average molecular weight is 251 g/mol. The van der Waals surface area contributed by atoms with Gasteiger partial charge < -0.3 is 4.74 Å². The molecule has 2 heterocycles. The minimum atomic E-state index is 0. The van der Waals surface area contributed by atoms with Gasteiger partial charge >= 0.3 is 19.5 Å². The van der Waals surface area contributed by atoms with Gasteiger partial charge in [0.2, 0.25) is 5.90 Å². The molecule has 0 saturated carbocycles. The Kier molecular flexibility index (Phi) is 3.35. The van der Waals surface area contributed by atoms with E-state index in [-0.39, 0.29) is 19.5 Å². The van der Waals surface area contributed by atoms with Gasteiger partial charge in [0.15, 0.2) is 0 Å². The van der Waals surface area contributed by atoms with Gasteiger partial charge in [0.25, 0.3) is 0 Å². The SMILES string of the molecule is [Rh+3].c1ccc(C2=NCCO2)nc1. The van der Waals surface area contributed by atoms with Crippen molar-refractivity contribution < 1.29 is 24.2 Å². The average Bonchev–Trinajstić information content (AvgIpc) is 2.58. The molecule has 4 heteroatoms. The van der Waals surface area contributed by atoms with Crippen LogP contribution in [-0.4, -0.2) is 24.0 Å². The van der Waals surface area contributed by atoms with Crippen LogP contribution in [0.15, 0.2) is 29.4 Å². The second-order valence-electron chi connectivity index (χ2n) is 2.25. The molecule has 0 fully saturated rings. The van der Waals surface area contributed by atoms with E-state index in [1.165, 1.54) is 0 Å². The van der Waals surface area contributed by atoms with E-state index in [9.17, 15) is 0 Å². The van der Waals surface area contributed by atoms with Crippen molar-refractivity contribution in [2.24, 2.45) is 4.99 Å². The third-order valence-corrected chi connectivity index (χ3v) is 1.47. The van der Waals surface area contributed by atoms with Crippen LogP contribution in [-0.2, 0) is 24.2 Å². The predicted molar refractivity (Wildman–Crippen MR) is 41.6 cm³/mol. The third kappa shape index (κ3) is 1.89. The van der Waals surface area contributed by atoms with Crippen molar-refractivity contribution >= 4 is 5.90 Å². The van der Waals surface area contributed by atoms with Gasteiger partial charge in [-0.15, -0.1) is 0 Å². The Hall–Kier alpha value is -0.757. The molecule has 0 saturated heterocycles. The van der Waals surface area contributed by atoms with Crippen molar-refractivity contribution in [2.45, 2.75) is 0 Å². The first-order valence-electron chi connectivity index (χ1n) is 3.55. The largest absolute Gasteiger partial charge is 3.00 e. The summed E-state index contributed by atoms with van der Waals surface area (Å²) in [5.41, 5.74) is 0.824. The van der Waals surface area contributed by atoms with Crippen LogP contribution in [0.2, 0.25) is 0 Å². The zero-order valence-corrected chi connectivity index (χ0v) is 8.00. The van der Waals surface area contributed by atoms with Crippen LogP contribution in [0.1, 0.15) is 5.69 Å². The van der Waals surface area contributed by atoms with Gasteiger partial charge in [0, 0.05) is 6.20 Å². The standard InChI is InChI=1S/C8H8N2O.Rh/c1-2-4-9-7(3-1)8-10-5-6-11-8;/h1-4H,5-6H2;/q;+3. The molecular formula is C8H8N2ORh+3. The van der Waals surface area contributed by atoms with Crippen LogP contribution < -0.4 is 0 Å². The summed E-state index contributed by atoms with van der Waals surface area (Å²) in [5, 5.41) is 0. The molecule has 1 aliphatic heterocycles. The van der Waals surface area contributed by atoms with E-state index >= 15 is 0 Å². The van der Waals surface area contributed by atoms with Crippen molar-refractivity contribution in [3.05, 3.63) is 30.1 Å². The molecule has 0 spiro atoms. The quantitative estimate of drug-likeness (QED) is 0.693. The Morgan fingerprint density at radius 3 is 2.83 bits per heavy atom. The molecule has 1 aliphatic rings. The topological polar surface area (TPSA) is 34.5 Å². The van der Waals surface area contributed by atoms with Gasteiger partial charge in [-0.25, -0.2) is 4.99 Å². The number of aliphatic imine (C=N–C) groups is 1. The van der Waals surface area contributed by atoms with Crippen LogP contribution in [0.25, 0.3) is 0 Å². The molecule has 0 aromatic carbocycles. The molecule has 2 rings (SSSR count). The normalized spacial score (nSPS) is 14.5. The fourth-order valence-electron chi connectivity index (χ4n) is 0.979. The van der Waals surface area contributed by atoms with E-state index in [0.29, 0.717) is 12.5 Å². The molecule has 62 valence electrons. The van der Waals surface area contributed by atoms with Crippen LogP contribution in [0.3, 0.4) is 0 Å². The summed E-state index contributed by atoms with van der Waals surface area (Å²) in [6, 6.07) is 5.69. The Morgan fingerprint density at radius 2 is 2.25 bits per heavy atom. The molecule has 12 heavy (non-hydrogen) atoms. The Balaban J connectivity index is 0.000000720. The second kappa shape index (κ2) is 4.31. The van der Waals surface area contributed by atoms with E-state index in [4.69, 9.17) is 4.74 Å². The second-order valence-corrected chi connectivity index (χ2v) is 2.25. The fourth-order valence-corrected chi connectivity index (χ4v) is 0.979. The van der Waals surface area contributed by atoms with E-state index in [2.05, 4.69) is 9.98 Å². The van der Waals surface area contributed by atoms with Crippen LogP contribution in [0.5, 0.6) is 0 Å². The molecule has 0 bridgehead atoms. The van der Waals surface area contributed by atoms with Gasteiger partial charge in [-0.1, -0.05) is 6.07 Å². The molecule has 1 aromatic rings. The van der Waals surface area contributed by atoms with Crippen molar-refractivity contribution in [1.29, 1.82) is 0 Å². The molecule has 1 aromatic heterocycles. The van der Waals surface area contributed by atoms with Crippen molar-refractivity contribution in [3.8, 4) is 0 Å². The van der Waals surface area contributed by atoms with Gasteiger partial charge in [-0.05, 0) is 12.1 Å². The maximum absolute atomic E-state index is 5.23. The number of ether oxygens (including phenoxy) is 1. The summed E-state index contributed by atoms with van der Waals surface area (Å²) >= 11 is 0. The maximum Gasteiger partial charge on any atom is 3.00 e. The summed E-state index contributed by atoms with van der Waals surface area (Å²) in [5.74, 6) is 0.672. The summed E-state index contributed by atoms with van der Waals surface area (Å²) in [6.07, 6.45) is 1.74. The zero-order valence-electron chi connectivity index (χ0n) is 6.36. The minimum absolute atomic E-state index is 0. The summed E-state index contributed by atoms with van der Waals surface area (Å²) in [6.45, 7) is 1.44.